The number of benzene rings is 1. The van der Waals surface area contributed by atoms with Crippen LogP contribution in [0.3, 0.4) is 0 Å². The van der Waals surface area contributed by atoms with Crippen molar-refractivity contribution in [3.05, 3.63) is 54.4 Å². The number of rotatable bonds is 4. The molecule has 2 heterocycles. The number of furan rings is 1. The van der Waals surface area contributed by atoms with Crippen LogP contribution in [0.4, 0.5) is 0 Å². The van der Waals surface area contributed by atoms with Gasteiger partial charge in [-0.1, -0.05) is 23.4 Å². The van der Waals surface area contributed by atoms with Gasteiger partial charge in [0.15, 0.2) is 5.76 Å². The first-order chi connectivity index (χ1) is 9.38. The second-order valence-electron chi connectivity index (χ2n) is 4.16. The van der Waals surface area contributed by atoms with E-state index in [9.17, 15) is 0 Å². The molecule has 0 unspecified atom stereocenters. The van der Waals surface area contributed by atoms with E-state index < -0.39 is 0 Å². The number of hydrogen-bond donors (Lipinski definition) is 1. The average Bonchev–Trinajstić information content (AvgIpc) is 3.08. The minimum Gasteiger partial charge on any atom is -0.458 e. The molecule has 0 amide bonds. The fourth-order valence-electron chi connectivity index (χ4n) is 1.95. The van der Waals surface area contributed by atoms with E-state index >= 15 is 0 Å². The minimum absolute atomic E-state index is 0.701. The number of nitrogens with zero attached hydrogens (tertiary/aromatic N) is 3. The lowest BCUT2D eigenvalue weighted by molar-refractivity contribution is 0.504. The summed E-state index contributed by atoms with van der Waals surface area (Å²) >= 11 is 0. The van der Waals surface area contributed by atoms with E-state index in [0.29, 0.717) is 6.54 Å². The van der Waals surface area contributed by atoms with Gasteiger partial charge in [0.1, 0.15) is 11.5 Å². The summed E-state index contributed by atoms with van der Waals surface area (Å²) in [5.74, 6) is 1.65. The van der Waals surface area contributed by atoms with Crippen molar-refractivity contribution in [3.63, 3.8) is 0 Å². The molecule has 0 atom stereocenters. The third kappa shape index (κ3) is 2.28. The largest absolute Gasteiger partial charge is 0.458 e. The lowest BCUT2D eigenvalue weighted by Crippen LogP contribution is -2.03. The molecule has 0 bridgehead atoms. The third-order valence-electron chi connectivity index (χ3n) is 2.82. The molecule has 0 aliphatic heterocycles. The summed E-state index contributed by atoms with van der Waals surface area (Å²) in [4.78, 5) is 0. The zero-order chi connectivity index (χ0) is 13.1. The average molecular weight is 254 g/mol. The smallest absolute Gasteiger partial charge is 0.154 e. The van der Waals surface area contributed by atoms with Gasteiger partial charge in [0.2, 0.25) is 0 Å². The number of aromatic nitrogens is 3. The Bertz CT molecular complexity index is 657. The minimum atomic E-state index is 0.701. The molecule has 0 spiro atoms. The van der Waals surface area contributed by atoms with Gasteiger partial charge in [-0.15, -0.1) is 5.10 Å². The van der Waals surface area contributed by atoms with Crippen molar-refractivity contribution in [2.45, 2.75) is 6.54 Å². The summed E-state index contributed by atoms with van der Waals surface area (Å²) < 4.78 is 7.53. The van der Waals surface area contributed by atoms with Gasteiger partial charge in [-0.05, 0) is 31.3 Å². The van der Waals surface area contributed by atoms with Crippen LogP contribution in [0.1, 0.15) is 5.76 Å². The third-order valence-corrected chi connectivity index (χ3v) is 2.82. The Morgan fingerprint density at radius 1 is 1.16 bits per heavy atom. The molecule has 19 heavy (non-hydrogen) atoms. The molecule has 5 heteroatoms. The van der Waals surface area contributed by atoms with Crippen LogP contribution >= 0.6 is 0 Å². The van der Waals surface area contributed by atoms with Crippen molar-refractivity contribution in [1.82, 2.24) is 20.3 Å². The first-order valence-corrected chi connectivity index (χ1v) is 6.08. The van der Waals surface area contributed by atoms with Crippen LogP contribution in [0.5, 0.6) is 0 Å². The molecule has 1 N–H and O–H groups in total. The van der Waals surface area contributed by atoms with Crippen molar-refractivity contribution in [2.75, 3.05) is 7.05 Å². The van der Waals surface area contributed by atoms with Crippen molar-refractivity contribution in [3.8, 4) is 17.1 Å². The Morgan fingerprint density at radius 2 is 2.00 bits per heavy atom. The molecule has 0 saturated heterocycles. The summed E-state index contributed by atoms with van der Waals surface area (Å²) in [6.07, 6.45) is 1.70. The van der Waals surface area contributed by atoms with Crippen LogP contribution in [0.25, 0.3) is 17.1 Å². The zero-order valence-electron chi connectivity index (χ0n) is 10.6. The molecule has 0 saturated carbocycles. The van der Waals surface area contributed by atoms with Crippen LogP contribution in [0.15, 0.2) is 53.1 Å². The number of nitrogens with one attached hydrogen (secondary N) is 1. The molecule has 2 aromatic heterocycles. The van der Waals surface area contributed by atoms with Gasteiger partial charge in [0.25, 0.3) is 0 Å². The lowest BCUT2D eigenvalue weighted by atomic mass is 10.3. The van der Waals surface area contributed by atoms with E-state index in [1.807, 2.05) is 49.5 Å². The highest BCUT2D eigenvalue weighted by atomic mass is 16.3. The normalized spacial score (nSPS) is 10.8. The molecule has 1 aromatic carbocycles. The summed E-state index contributed by atoms with van der Waals surface area (Å²) in [5, 5.41) is 11.1. The Kier molecular flexibility index (Phi) is 3.12. The van der Waals surface area contributed by atoms with E-state index in [1.165, 1.54) is 0 Å². The maximum atomic E-state index is 5.77. The Labute approximate surface area is 110 Å². The molecule has 0 radical (unpaired) electrons. The monoisotopic (exact) mass is 254 g/mol. The van der Waals surface area contributed by atoms with E-state index in [1.54, 1.807) is 10.9 Å². The Morgan fingerprint density at radius 3 is 2.79 bits per heavy atom. The molecule has 0 fully saturated rings. The SMILES string of the molecule is CNCc1ccc(-c2cnnn2-c2ccccc2)o1. The van der Waals surface area contributed by atoms with E-state index in [4.69, 9.17) is 4.42 Å². The maximum Gasteiger partial charge on any atom is 0.154 e. The first kappa shape index (κ1) is 11.7. The van der Waals surface area contributed by atoms with Crippen LogP contribution in [-0.4, -0.2) is 22.0 Å². The van der Waals surface area contributed by atoms with Crippen molar-refractivity contribution in [2.24, 2.45) is 0 Å². The number of para-hydroxylation sites is 1. The van der Waals surface area contributed by atoms with Gasteiger partial charge in [0, 0.05) is 0 Å². The second kappa shape index (κ2) is 5.07. The molecule has 5 nitrogen and oxygen atoms in total. The second-order valence-corrected chi connectivity index (χ2v) is 4.16. The standard InChI is InChI=1S/C14H14N4O/c1-15-9-12-7-8-14(19-12)13-10-16-17-18(13)11-5-3-2-4-6-11/h2-8,10,15H,9H2,1H3. The predicted octanol–water partition coefficient (Wildman–Crippen LogP) is 2.25. The van der Waals surface area contributed by atoms with Crippen LogP contribution in [0, 0.1) is 0 Å². The van der Waals surface area contributed by atoms with E-state index in [2.05, 4.69) is 15.6 Å². The summed E-state index contributed by atoms with van der Waals surface area (Å²) in [7, 11) is 1.89. The summed E-state index contributed by atoms with van der Waals surface area (Å²) in [5.41, 5.74) is 1.80. The summed E-state index contributed by atoms with van der Waals surface area (Å²) in [6, 6.07) is 13.8. The van der Waals surface area contributed by atoms with Gasteiger partial charge in [-0.2, -0.15) is 0 Å². The van der Waals surface area contributed by atoms with Gasteiger partial charge in [-0.3, -0.25) is 0 Å². The zero-order valence-corrected chi connectivity index (χ0v) is 10.6. The summed E-state index contributed by atoms with van der Waals surface area (Å²) in [6.45, 7) is 0.701. The van der Waals surface area contributed by atoms with E-state index in [0.717, 1.165) is 22.9 Å². The molecule has 96 valence electrons. The molecule has 0 aliphatic rings. The molecule has 0 aliphatic carbocycles. The van der Waals surface area contributed by atoms with Gasteiger partial charge < -0.3 is 9.73 Å². The molecular weight excluding hydrogens is 240 g/mol. The first-order valence-electron chi connectivity index (χ1n) is 6.08. The fourth-order valence-corrected chi connectivity index (χ4v) is 1.95. The Balaban J connectivity index is 1.99. The predicted molar refractivity (Wildman–Crippen MR) is 71.8 cm³/mol. The highest BCUT2D eigenvalue weighted by Gasteiger charge is 2.12. The quantitative estimate of drug-likeness (QED) is 0.775. The van der Waals surface area contributed by atoms with Crippen molar-refractivity contribution >= 4 is 0 Å². The van der Waals surface area contributed by atoms with Gasteiger partial charge in [0.05, 0.1) is 18.4 Å². The van der Waals surface area contributed by atoms with Crippen LogP contribution < -0.4 is 5.32 Å². The number of hydrogen-bond acceptors (Lipinski definition) is 4. The Hall–Kier alpha value is -2.40. The highest BCUT2D eigenvalue weighted by molar-refractivity contribution is 5.54. The highest BCUT2D eigenvalue weighted by Crippen LogP contribution is 2.23. The van der Waals surface area contributed by atoms with Crippen LogP contribution in [-0.2, 0) is 6.54 Å². The van der Waals surface area contributed by atoms with Crippen molar-refractivity contribution in [1.29, 1.82) is 0 Å². The topological polar surface area (TPSA) is 55.9 Å². The van der Waals surface area contributed by atoms with Gasteiger partial charge >= 0.3 is 0 Å². The maximum absolute atomic E-state index is 5.77. The van der Waals surface area contributed by atoms with Crippen molar-refractivity contribution < 1.29 is 4.42 Å². The molecule has 3 aromatic rings. The molecule has 3 rings (SSSR count). The lowest BCUT2D eigenvalue weighted by Gasteiger charge is -2.03. The fraction of sp³-hybridized carbons (Fsp3) is 0.143. The van der Waals surface area contributed by atoms with Crippen LogP contribution in [0.2, 0.25) is 0 Å². The van der Waals surface area contributed by atoms with E-state index in [-0.39, 0.29) is 0 Å². The molecular formula is C14H14N4O. The van der Waals surface area contributed by atoms with Gasteiger partial charge in [-0.25, -0.2) is 4.68 Å².